The molecule has 1 atom stereocenters. The lowest BCUT2D eigenvalue weighted by Crippen LogP contribution is -2.30. The Balaban J connectivity index is 1.81. The molecule has 0 fully saturated rings. The summed E-state index contributed by atoms with van der Waals surface area (Å²) in [5.41, 5.74) is 1.11. The van der Waals surface area contributed by atoms with Crippen molar-refractivity contribution < 1.29 is 13.9 Å². The predicted octanol–water partition coefficient (Wildman–Crippen LogP) is 4.60. The quantitative estimate of drug-likeness (QED) is 0.486. The summed E-state index contributed by atoms with van der Waals surface area (Å²) < 4.78 is 11.3. The van der Waals surface area contributed by atoms with Crippen LogP contribution in [0.15, 0.2) is 76.1 Å². The maximum atomic E-state index is 13.4. The average molecular weight is 419 g/mol. The second-order valence-corrected chi connectivity index (χ2v) is 7.30. The molecular formula is C23H15ClN2O4. The van der Waals surface area contributed by atoms with Crippen LogP contribution in [0.1, 0.15) is 27.7 Å². The molecule has 1 aliphatic heterocycles. The number of fused-ring (bicyclic) bond motifs is 2. The van der Waals surface area contributed by atoms with Crippen LogP contribution in [0.4, 0.5) is 5.82 Å². The first kappa shape index (κ1) is 18.4. The van der Waals surface area contributed by atoms with Gasteiger partial charge in [0.15, 0.2) is 5.43 Å². The molecule has 3 heterocycles. The zero-order valence-electron chi connectivity index (χ0n) is 15.8. The number of hydrogen-bond acceptors (Lipinski definition) is 5. The smallest absolute Gasteiger partial charge is 0.296 e. The number of para-hydroxylation sites is 1. The van der Waals surface area contributed by atoms with Crippen LogP contribution in [0.5, 0.6) is 5.75 Å². The van der Waals surface area contributed by atoms with Crippen LogP contribution in [-0.2, 0) is 0 Å². The number of pyridine rings is 1. The number of amides is 1. The molecule has 5 rings (SSSR count). The van der Waals surface area contributed by atoms with Crippen LogP contribution >= 0.6 is 11.6 Å². The van der Waals surface area contributed by atoms with Gasteiger partial charge >= 0.3 is 0 Å². The summed E-state index contributed by atoms with van der Waals surface area (Å²) in [7, 11) is 1.56. The van der Waals surface area contributed by atoms with Gasteiger partial charge in [-0.3, -0.25) is 14.5 Å². The third kappa shape index (κ3) is 2.76. The van der Waals surface area contributed by atoms with Crippen LogP contribution in [0.3, 0.4) is 0 Å². The molecule has 0 saturated carbocycles. The van der Waals surface area contributed by atoms with Crippen molar-refractivity contribution in [2.24, 2.45) is 0 Å². The van der Waals surface area contributed by atoms with Crippen molar-refractivity contribution in [1.29, 1.82) is 0 Å². The van der Waals surface area contributed by atoms with E-state index in [2.05, 4.69) is 4.98 Å². The second-order valence-electron chi connectivity index (χ2n) is 6.86. The summed E-state index contributed by atoms with van der Waals surface area (Å²) in [5.74, 6) is 0.563. The van der Waals surface area contributed by atoms with Gasteiger partial charge < -0.3 is 9.15 Å². The highest BCUT2D eigenvalue weighted by molar-refractivity contribution is 6.30. The van der Waals surface area contributed by atoms with Crippen LogP contribution in [0.25, 0.3) is 11.0 Å². The molecule has 0 saturated heterocycles. The van der Waals surface area contributed by atoms with Crippen molar-refractivity contribution in [3.05, 3.63) is 99.0 Å². The number of hydrogen-bond donors (Lipinski definition) is 0. The summed E-state index contributed by atoms with van der Waals surface area (Å²) in [6, 6.07) is 16.7. The zero-order chi connectivity index (χ0) is 20.8. The van der Waals surface area contributed by atoms with Crippen LogP contribution in [0.2, 0.25) is 5.02 Å². The van der Waals surface area contributed by atoms with Crippen molar-refractivity contribution in [2.45, 2.75) is 6.04 Å². The monoisotopic (exact) mass is 418 g/mol. The molecule has 1 aliphatic rings. The molecule has 0 radical (unpaired) electrons. The number of benzene rings is 2. The molecule has 6 nitrogen and oxygen atoms in total. The van der Waals surface area contributed by atoms with Crippen LogP contribution in [0, 0.1) is 0 Å². The third-order valence-corrected chi connectivity index (χ3v) is 5.37. The Morgan fingerprint density at radius 1 is 1.07 bits per heavy atom. The molecule has 148 valence electrons. The molecule has 2 aromatic heterocycles. The minimum absolute atomic E-state index is 0.0169. The summed E-state index contributed by atoms with van der Waals surface area (Å²) in [5, 5.41) is 0.864. The molecule has 1 amide bonds. The Labute approximate surface area is 176 Å². The van der Waals surface area contributed by atoms with E-state index in [0.717, 1.165) is 0 Å². The van der Waals surface area contributed by atoms with E-state index in [-0.39, 0.29) is 16.8 Å². The number of rotatable bonds is 3. The van der Waals surface area contributed by atoms with E-state index in [4.69, 9.17) is 20.8 Å². The third-order valence-electron chi connectivity index (χ3n) is 5.15. The molecule has 0 N–H and O–H groups in total. The highest BCUT2D eigenvalue weighted by Crippen LogP contribution is 2.41. The molecule has 7 heteroatoms. The van der Waals surface area contributed by atoms with Gasteiger partial charge in [-0.2, -0.15) is 0 Å². The van der Waals surface area contributed by atoms with Crippen molar-refractivity contribution in [1.82, 2.24) is 4.98 Å². The SMILES string of the molecule is COc1cccc(C2c3c(oc4ccccc4c3=O)C(=O)N2c2ccc(Cl)cn2)c1. The lowest BCUT2D eigenvalue weighted by Gasteiger charge is -2.24. The van der Waals surface area contributed by atoms with Crippen molar-refractivity contribution in [3.8, 4) is 5.75 Å². The van der Waals surface area contributed by atoms with Gasteiger partial charge in [-0.25, -0.2) is 4.98 Å². The highest BCUT2D eigenvalue weighted by Gasteiger charge is 2.44. The first-order valence-corrected chi connectivity index (χ1v) is 9.61. The number of carbonyl (C=O) groups is 1. The summed E-state index contributed by atoms with van der Waals surface area (Å²) in [4.78, 5) is 32.6. The maximum absolute atomic E-state index is 13.4. The average Bonchev–Trinajstić information content (AvgIpc) is 3.07. The number of nitrogens with zero attached hydrogens (tertiary/aromatic N) is 2. The molecule has 0 spiro atoms. The highest BCUT2D eigenvalue weighted by atomic mass is 35.5. The van der Waals surface area contributed by atoms with Gasteiger partial charge in [-0.15, -0.1) is 0 Å². The number of halogens is 1. The fourth-order valence-corrected chi connectivity index (χ4v) is 3.91. The number of anilines is 1. The number of methoxy groups -OCH3 is 1. The standard InChI is InChI=1S/C23H15ClN2O4/c1-29-15-6-4-5-13(11-15)20-19-21(27)16-7-2-3-8-17(16)30-22(19)23(28)26(20)18-10-9-14(24)12-25-18/h2-12,20H,1H3. The first-order chi connectivity index (χ1) is 14.6. The lowest BCUT2D eigenvalue weighted by molar-refractivity contribution is 0.0970. The Hall–Kier alpha value is -3.64. The number of carbonyl (C=O) groups excluding carboxylic acids is 1. The molecule has 2 aromatic carbocycles. The normalized spacial score (nSPS) is 15.5. The fourth-order valence-electron chi connectivity index (χ4n) is 3.79. The van der Waals surface area contributed by atoms with E-state index in [1.165, 1.54) is 11.1 Å². The van der Waals surface area contributed by atoms with Crippen molar-refractivity contribution in [2.75, 3.05) is 12.0 Å². The number of aromatic nitrogens is 1. The Morgan fingerprint density at radius 2 is 1.90 bits per heavy atom. The molecule has 30 heavy (non-hydrogen) atoms. The second kappa shape index (κ2) is 7.00. The van der Waals surface area contributed by atoms with Gasteiger partial charge in [0.1, 0.15) is 17.2 Å². The predicted molar refractivity (Wildman–Crippen MR) is 113 cm³/mol. The van der Waals surface area contributed by atoms with Crippen LogP contribution in [-0.4, -0.2) is 18.0 Å². The van der Waals surface area contributed by atoms with E-state index in [1.54, 1.807) is 55.6 Å². The first-order valence-electron chi connectivity index (χ1n) is 9.23. The van der Waals surface area contributed by atoms with Gasteiger partial charge in [0.25, 0.3) is 5.91 Å². The Kier molecular flexibility index (Phi) is 4.29. The minimum atomic E-state index is -0.711. The van der Waals surface area contributed by atoms with E-state index in [1.807, 2.05) is 12.1 Å². The van der Waals surface area contributed by atoms with Crippen LogP contribution < -0.4 is 15.1 Å². The molecule has 0 aliphatic carbocycles. The van der Waals surface area contributed by atoms with E-state index in [9.17, 15) is 9.59 Å². The van der Waals surface area contributed by atoms with Gasteiger partial charge in [0, 0.05) is 6.20 Å². The van der Waals surface area contributed by atoms with Gasteiger partial charge in [0.05, 0.1) is 29.1 Å². The lowest BCUT2D eigenvalue weighted by atomic mass is 9.98. The molecule has 1 unspecified atom stereocenters. The van der Waals surface area contributed by atoms with Crippen molar-refractivity contribution in [3.63, 3.8) is 0 Å². The Bertz CT molecular complexity index is 1350. The summed E-state index contributed by atoms with van der Waals surface area (Å²) >= 11 is 5.98. The number of ether oxygens (including phenoxy) is 1. The van der Waals surface area contributed by atoms with Gasteiger partial charge in [-0.05, 0) is 42.0 Å². The largest absolute Gasteiger partial charge is 0.497 e. The van der Waals surface area contributed by atoms with E-state index >= 15 is 0 Å². The summed E-state index contributed by atoms with van der Waals surface area (Å²) in [6.45, 7) is 0. The maximum Gasteiger partial charge on any atom is 0.296 e. The minimum Gasteiger partial charge on any atom is -0.497 e. The molecule has 4 aromatic rings. The summed E-state index contributed by atoms with van der Waals surface area (Å²) in [6.07, 6.45) is 1.46. The van der Waals surface area contributed by atoms with Crippen molar-refractivity contribution >= 4 is 34.3 Å². The fraction of sp³-hybridized carbons (Fsp3) is 0.0870. The molecule has 0 bridgehead atoms. The zero-order valence-corrected chi connectivity index (χ0v) is 16.6. The molecular weight excluding hydrogens is 404 g/mol. The van der Waals surface area contributed by atoms with E-state index < -0.39 is 11.9 Å². The van der Waals surface area contributed by atoms with E-state index in [0.29, 0.717) is 33.1 Å². The van der Waals surface area contributed by atoms with Gasteiger partial charge in [0.2, 0.25) is 5.76 Å². The topological polar surface area (TPSA) is 72.6 Å². The van der Waals surface area contributed by atoms with Gasteiger partial charge in [-0.1, -0.05) is 35.9 Å². The Morgan fingerprint density at radius 3 is 2.67 bits per heavy atom.